The van der Waals surface area contributed by atoms with Crippen LogP contribution in [0.1, 0.15) is 29.5 Å². The van der Waals surface area contributed by atoms with Gasteiger partial charge in [0, 0.05) is 31.7 Å². The molecule has 25 heavy (non-hydrogen) atoms. The second-order valence-corrected chi connectivity index (χ2v) is 6.82. The molecule has 0 unspecified atom stereocenters. The van der Waals surface area contributed by atoms with Crippen LogP contribution < -0.4 is 10.6 Å². The van der Waals surface area contributed by atoms with Gasteiger partial charge in [-0.15, -0.1) is 0 Å². The smallest absolute Gasteiger partial charge is 0.222 e. The fourth-order valence-corrected chi connectivity index (χ4v) is 3.12. The van der Waals surface area contributed by atoms with Gasteiger partial charge in [-0.3, -0.25) is 4.79 Å². The van der Waals surface area contributed by atoms with Crippen molar-refractivity contribution in [1.82, 2.24) is 10.2 Å². The molecule has 0 bridgehead atoms. The number of nitrogens with zero attached hydrogens (tertiary/aromatic N) is 1. The molecule has 0 saturated carbocycles. The maximum atomic E-state index is 11.7. The monoisotopic (exact) mass is 353 g/mol. The predicted octanol–water partition coefficient (Wildman–Crippen LogP) is 3.60. The van der Waals surface area contributed by atoms with Crippen LogP contribution in [0.3, 0.4) is 0 Å². The van der Waals surface area contributed by atoms with Crippen LogP contribution in [0.2, 0.25) is 0 Å². The standard InChI is InChI=1S/C20H23N3OS/c1-15-4-2-5-18(12-15)22-20(25)21-13-16-7-9-17(10-8-16)14-23-11-3-6-19(23)24/h2,4-5,7-10,12H,3,6,11,13-14H2,1H3,(H2,21,22,25). The molecule has 130 valence electrons. The second kappa shape index (κ2) is 8.12. The summed E-state index contributed by atoms with van der Waals surface area (Å²) in [6.07, 6.45) is 1.67. The van der Waals surface area contributed by atoms with Crippen molar-refractivity contribution in [2.24, 2.45) is 0 Å². The molecule has 1 fully saturated rings. The van der Waals surface area contributed by atoms with Gasteiger partial charge in [-0.1, -0.05) is 36.4 Å². The Hall–Kier alpha value is -2.40. The van der Waals surface area contributed by atoms with Crippen LogP contribution in [0.4, 0.5) is 5.69 Å². The third kappa shape index (κ3) is 5.03. The number of carbonyl (C=O) groups excluding carboxylic acids is 1. The van der Waals surface area contributed by atoms with E-state index in [2.05, 4.69) is 54.0 Å². The lowest BCUT2D eigenvalue weighted by Gasteiger charge is -2.16. The molecule has 2 aromatic carbocycles. The van der Waals surface area contributed by atoms with E-state index in [-0.39, 0.29) is 5.91 Å². The Balaban J connectivity index is 1.48. The molecule has 3 rings (SSSR count). The Morgan fingerprint density at radius 1 is 1.16 bits per heavy atom. The zero-order chi connectivity index (χ0) is 17.6. The van der Waals surface area contributed by atoms with E-state index in [1.165, 1.54) is 11.1 Å². The fourth-order valence-electron chi connectivity index (χ4n) is 2.93. The van der Waals surface area contributed by atoms with E-state index in [0.29, 0.717) is 24.6 Å². The summed E-state index contributed by atoms with van der Waals surface area (Å²) < 4.78 is 0. The maximum Gasteiger partial charge on any atom is 0.222 e. The van der Waals surface area contributed by atoms with Crippen LogP contribution in [0.15, 0.2) is 48.5 Å². The molecule has 2 aromatic rings. The first-order valence-electron chi connectivity index (χ1n) is 8.57. The summed E-state index contributed by atoms with van der Waals surface area (Å²) in [6, 6.07) is 16.4. The predicted molar refractivity (Wildman–Crippen MR) is 105 cm³/mol. The lowest BCUT2D eigenvalue weighted by molar-refractivity contribution is -0.128. The van der Waals surface area contributed by atoms with Crippen LogP contribution in [0, 0.1) is 6.92 Å². The molecule has 0 aromatic heterocycles. The number of rotatable bonds is 5. The minimum absolute atomic E-state index is 0.262. The summed E-state index contributed by atoms with van der Waals surface area (Å²) in [4.78, 5) is 13.6. The van der Waals surface area contributed by atoms with Crippen LogP contribution in [-0.4, -0.2) is 22.5 Å². The molecule has 0 radical (unpaired) electrons. The largest absolute Gasteiger partial charge is 0.358 e. The highest BCUT2D eigenvalue weighted by Crippen LogP contribution is 2.15. The van der Waals surface area contributed by atoms with Crippen molar-refractivity contribution in [3.05, 3.63) is 65.2 Å². The molecular formula is C20H23N3OS. The minimum atomic E-state index is 0.262. The van der Waals surface area contributed by atoms with Crippen molar-refractivity contribution in [2.45, 2.75) is 32.9 Å². The molecule has 1 aliphatic rings. The van der Waals surface area contributed by atoms with Gasteiger partial charge in [-0.05, 0) is 54.4 Å². The second-order valence-electron chi connectivity index (χ2n) is 6.41. The highest BCUT2D eigenvalue weighted by Gasteiger charge is 2.19. The van der Waals surface area contributed by atoms with Crippen molar-refractivity contribution in [3.63, 3.8) is 0 Å². The SMILES string of the molecule is Cc1cccc(NC(=S)NCc2ccc(CN3CCCC3=O)cc2)c1. The fraction of sp³-hybridized carbons (Fsp3) is 0.300. The summed E-state index contributed by atoms with van der Waals surface area (Å²) in [7, 11) is 0. The first-order chi connectivity index (χ1) is 12.1. The first-order valence-corrected chi connectivity index (χ1v) is 8.98. The average Bonchev–Trinajstić information content (AvgIpc) is 2.99. The van der Waals surface area contributed by atoms with Crippen LogP contribution in [0.25, 0.3) is 0 Å². The van der Waals surface area contributed by atoms with Crippen molar-refractivity contribution in [3.8, 4) is 0 Å². The van der Waals surface area contributed by atoms with E-state index in [9.17, 15) is 4.79 Å². The van der Waals surface area contributed by atoms with Gasteiger partial charge in [-0.2, -0.15) is 0 Å². The zero-order valence-electron chi connectivity index (χ0n) is 14.4. The Bertz CT molecular complexity index is 758. The van der Waals surface area contributed by atoms with Crippen LogP contribution >= 0.6 is 12.2 Å². The van der Waals surface area contributed by atoms with E-state index in [4.69, 9.17) is 12.2 Å². The van der Waals surface area contributed by atoms with Gasteiger partial charge in [0.25, 0.3) is 0 Å². The lowest BCUT2D eigenvalue weighted by atomic mass is 10.1. The highest BCUT2D eigenvalue weighted by atomic mass is 32.1. The van der Waals surface area contributed by atoms with Crippen LogP contribution in [0.5, 0.6) is 0 Å². The van der Waals surface area contributed by atoms with Crippen molar-refractivity contribution < 1.29 is 4.79 Å². The molecule has 0 aliphatic carbocycles. The van der Waals surface area contributed by atoms with Crippen molar-refractivity contribution in [1.29, 1.82) is 0 Å². The average molecular weight is 353 g/mol. The Morgan fingerprint density at radius 2 is 1.92 bits per heavy atom. The molecule has 5 heteroatoms. The topological polar surface area (TPSA) is 44.4 Å². The summed E-state index contributed by atoms with van der Waals surface area (Å²) in [6.45, 7) is 4.31. The zero-order valence-corrected chi connectivity index (χ0v) is 15.2. The molecule has 1 saturated heterocycles. The number of amides is 1. The number of carbonyl (C=O) groups is 1. The molecule has 4 nitrogen and oxygen atoms in total. The van der Waals surface area contributed by atoms with E-state index in [0.717, 1.165) is 24.2 Å². The first kappa shape index (κ1) is 17.4. The quantitative estimate of drug-likeness (QED) is 0.806. The molecule has 0 spiro atoms. The molecular weight excluding hydrogens is 330 g/mol. The molecule has 2 N–H and O–H groups in total. The number of nitrogens with one attached hydrogen (secondary N) is 2. The normalized spacial score (nSPS) is 13.8. The molecule has 1 aliphatic heterocycles. The number of benzene rings is 2. The number of likely N-dealkylation sites (tertiary alicyclic amines) is 1. The Labute approximate surface area is 154 Å². The van der Waals surface area contributed by atoms with Gasteiger partial charge in [0.05, 0.1) is 0 Å². The number of hydrogen-bond donors (Lipinski definition) is 2. The van der Waals surface area contributed by atoms with Gasteiger partial charge < -0.3 is 15.5 Å². The number of aryl methyl sites for hydroxylation is 1. The molecule has 1 amide bonds. The lowest BCUT2D eigenvalue weighted by Crippen LogP contribution is -2.28. The third-order valence-corrected chi connectivity index (χ3v) is 4.54. The van der Waals surface area contributed by atoms with Gasteiger partial charge in [-0.25, -0.2) is 0 Å². The maximum absolute atomic E-state index is 11.7. The van der Waals surface area contributed by atoms with E-state index in [1.54, 1.807) is 0 Å². The summed E-state index contributed by atoms with van der Waals surface area (Å²) in [5.41, 5.74) is 4.51. The molecule has 0 atom stereocenters. The van der Waals surface area contributed by atoms with E-state index < -0.39 is 0 Å². The highest BCUT2D eigenvalue weighted by molar-refractivity contribution is 7.80. The van der Waals surface area contributed by atoms with Crippen molar-refractivity contribution >= 4 is 28.9 Å². The van der Waals surface area contributed by atoms with E-state index in [1.807, 2.05) is 17.0 Å². The minimum Gasteiger partial charge on any atom is -0.358 e. The van der Waals surface area contributed by atoms with E-state index >= 15 is 0 Å². The van der Waals surface area contributed by atoms with Crippen molar-refractivity contribution in [2.75, 3.05) is 11.9 Å². The Morgan fingerprint density at radius 3 is 2.60 bits per heavy atom. The number of anilines is 1. The van der Waals surface area contributed by atoms with Gasteiger partial charge >= 0.3 is 0 Å². The summed E-state index contributed by atoms with van der Waals surface area (Å²) in [5.74, 6) is 0.262. The number of hydrogen-bond acceptors (Lipinski definition) is 2. The Kier molecular flexibility index (Phi) is 5.66. The summed E-state index contributed by atoms with van der Waals surface area (Å²) >= 11 is 5.35. The van der Waals surface area contributed by atoms with Crippen LogP contribution in [-0.2, 0) is 17.9 Å². The van der Waals surface area contributed by atoms with Gasteiger partial charge in [0.2, 0.25) is 5.91 Å². The van der Waals surface area contributed by atoms with Gasteiger partial charge in [0.1, 0.15) is 0 Å². The summed E-state index contributed by atoms with van der Waals surface area (Å²) in [5, 5.41) is 7.02. The van der Waals surface area contributed by atoms with Gasteiger partial charge in [0.15, 0.2) is 5.11 Å². The molecule has 1 heterocycles. The number of thiocarbonyl (C=S) groups is 1. The third-order valence-electron chi connectivity index (χ3n) is 4.30.